The van der Waals surface area contributed by atoms with Gasteiger partial charge in [-0.3, -0.25) is 10.1 Å². The van der Waals surface area contributed by atoms with Gasteiger partial charge in [0.25, 0.3) is 0 Å². The van der Waals surface area contributed by atoms with Crippen molar-refractivity contribution in [2.75, 3.05) is 6.61 Å². The second-order valence-corrected chi connectivity index (χ2v) is 4.61. The molecule has 110 valence electrons. The van der Waals surface area contributed by atoms with Crippen LogP contribution in [0, 0.1) is 10.1 Å². The molecule has 21 heavy (non-hydrogen) atoms. The zero-order chi connectivity index (χ0) is 15.4. The molecule has 0 unspecified atom stereocenters. The van der Waals surface area contributed by atoms with Gasteiger partial charge in [0.1, 0.15) is 6.26 Å². The molecule has 8 nitrogen and oxygen atoms in total. The van der Waals surface area contributed by atoms with Gasteiger partial charge in [0, 0.05) is 10.5 Å². The standard InChI is InChI=1S/C12H9BrN2O6/c1-2-19-11(16)8-6-20-12(14-8)21-10-4-3-7(13)5-9(10)15(17)18/h3-6H,2H2,1H3. The first-order valence-corrected chi connectivity index (χ1v) is 6.55. The van der Waals surface area contributed by atoms with Crippen molar-refractivity contribution in [3.8, 4) is 11.8 Å². The Balaban J connectivity index is 2.23. The van der Waals surface area contributed by atoms with E-state index in [2.05, 4.69) is 20.9 Å². The fourth-order valence-corrected chi connectivity index (χ4v) is 1.77. The summed E-state index contributed by atoms with van der Waals surface area (Å²) >= 11 is 3.13. The summed E-state index contributed by atoms with van der Waals surface area (Å²) in [6.45, 7) is 1.85. The van der Waals surface area contributed by atoms with E-state index in [0.29, 0.717) is 4.47 Å². The topological polar surface area (TPSA) is 105 Å². The summed E-state index contributed by atoms with van der Waals surface area (Å²) in [5.74, 6) is -0.720. The molecule has 0 aliphatic carbocycles. The minimum Gasteiger partial charge on any atom is -0.461 e. The van der Waals surface area contributed by atoms with Crippen LogP contribution in [0.25, 0.3) is 0 Å². The maximum absolute atomic E-state index is 11.4. The van der Waals surface area contributed by atoms with E-state index in [1.807, 2.05) is 0 Å². The molecule has 0 radical (unpaired) electrons. The third-order valence-corrected chi connectivity index (χ3v) is 2.78. The highest BCUT2D eigenvalue weighted by atomic mass is 79.9. The van der Waals surface area contributed by atoms with E-state index in [0.717, 1.165) is 6.26 Å². The largest absolute Gasteiger partial charge is 0.461 e. The Morgan fingerprint density at radius 3 is 2.95 bits per heavy atom. The monoisotopic (exact) mass is 356 g/mol. The van der Waals surface area contributed by atoms with Crippen LogP contribution in [-0.4, -0.2) is 22.5 Å². The van der Waals surface area contributed by atoms with Crippen molar-refractivity contribution >= 4 is 27.6 Å². The van der Waals surface area contributed by atoms with Crippen molar-refractivity contribution in [3.05, 3.63) is 44.7 Å². The summed E-state index contributed by atoms with van der Waals surface area (Å²) in [5, 5.41) is 10.9. The van der Waals surface area contributed by atoms with Gasteiger partial charge in [0.05, 0.1) is 11.5 Å². The van der Waals surface area contributed by atoms with Crippen LogP contribution >= 0.6 is 15.9 Å². The van der Waals surface area contributed by atoms with E-state index in [4.69, 9.17) is 13.9 Å². The molecule has 1 heterocycles. The van der Waals surface area contributed by atoms with E-state index >= 15 is 0 Å². The lowest BCUT2D eigenvalue weighted by Crippen LogP contribution is -2.04. The van der Waals surface area contributed by atoms with Gasteiger partial charge in [-0.15, -0.1) is 0 Å². The maximum Gasteiger partial charge on any atom is 0.400 e. The summed E-state index contributed by atoms with van der Waals surface area (Å²) in [5.41, 5.74) is -0.341. The fourth-order valence-electron chi connectivity index (χ4n) is 1.42. The molecule has 0 atom stereocenters. The number of carbonyl (C=O) groups excluding carboxylic acids is 1. The summed E-state index contributed by atoms with van der Waals surface area (Å²) in [7, 11) is 0. The van der Waals surface area contributed by atoms with Crippen LogP contribution in [0.15, 0.2) is 33.4 Å². The predicted molar refractivity (Wildman–Crippen MR) is 73.3 cm³/mol. The minimum atomic E-state index is -0.665. The van der Waals surface area contributed by atoms with Crippen molar-refractivity contribution in [2.24, 2.45) is 0 Å². The molecule has 9 heteroatoms. The molecule has 2 aromatic rings. The molecule has 1 aromatic heterocycles. The number of esters is 1. The van der Waals surface area contributed by atoms with Gasteiger partial charge in [0.2, 0.25) is 5.75 Å². The molecule has 0 aliphatic rings. The van der Waals surface area contributed by atoms with Crippen molar-refractivity contribution in [2.45, 2.75) is 6.92 Å². The van der Waals surface area contributed by atoms with E-state index < -0.39 is 10.9 Å². The van der Waals surface area contributed by atoms with Crippen LogP contribution < -0.4 is 4.74 Å². The number of hydrogen-bond acceptors (Lipinski definition) is 7. The third-order valence-electron chi connectivity index (χ3n) is 2.28. The molecular weight excluding hydrogens is 348 g/mol. The zero-order valence-corrected chi connectivity index (χ0v) is 12.3. The lowest BCUT2D eigenvalue weighted by Gasteiger charge is -2.02. The number of halogens is 1. The van der Waals surface area contributed by atoms with E-state index in [9.17, 15) is 14.9 Å². The Labute approximate surface area is 127 Å². The maximum atomic E-state index is 11.4. The van der Waals surface area contributed by atoms with Crippen molar-refractivity contribution < 1.29 is 23.6 Å². The van der Waals surface area contributed by atoms with E-state index in [1.54, 1.807) is 13.0 Å². The smallest absolute Gasteiger partial charge is 0.400 e. The molecule has 1 aromatic carbocycles. The van der Waals surface area contributed by atoms with Crippen LogP contribution in [0.4, 0.5) is 5.69 Å². The number of nitro benzene ring substituents is 1. The second-order valence-electron chi connectivity index (χ2n) is 3.69. The van der Waals surface area contributed by atoms with Crippen LogP contribution in [0.5, 0.6) is 11.8 Å². The van der Waals surface area contributed by atoms with Gasteiger partial charge < -0.3 is 13.9 Å². The van der Waals surface area contributed by atoms with Gasteiger partial charge in [-0.2, -0.15) is 4.98 Å². The zero-order valence-electron chi connectivity index (χ0n) is 10.7. The molecule has 0 fully saturated rings. The molecule has 0 aliphatic heterocycles. The van der Waals surface area contributed by atoms with Crippen molar-refractivity contribution in [3.63, 3.8) is 0 Å². The number of oxazole rings is 1. The number of rotatable bonds is 5. The van der Waals surface area contributed by atoms with Gasteiger partial charge in [-0.1, -0.05) is 15.9 Å². The summed E-state index contributed by atoms with van der Waals surface area (Å²) in [6, 6.07) is 4.23. The van der Waals surface area contributed by atoms with Crippen LogP contribution in [0.2, 0.25) is 0 Å². The third kappa shape index (κ3) is 3.57. The molecule has 0 saturated heterocycles. The highest BCUT2D eigenvalue weighted by Gasteiger charge is 2.20. The summed E-state index contributed by atoms with van der Waals surface area (Å²) < 4.78 is 15.4. The Kier molecular flexibility index (Phi) is 4.53. The first kappa shape index (κ1) is 15.0. The molecule has 0 bridgehead atoms. The Bertz CT molecular complexity index is 684. The number of nitrogens with zero attached hydrogens (tertiary/aromatic N) is 2. The summed E-state index contributed by atoms with van der Waals surface area (Å²) in [4.78, 5) is 25.5. The highest BCUT2D eigenvalue weighted by Crippen LogP contribution is 2.33. The lowest BCUT2D eigenvalue weighted by molar-refractivity contribution is -0.385. The Morgan fingerprint density at radius 1 is 1.52 bits per heavy atom. The first-order chi connectivity index (χ1) is 10.0. The van der Waals surface area contributed by atoms with Crippen molar-refractivity contribution in [1.82, 2.24) is 4.98 Å². The van der Waals surface area contributed by atoms with Gasteiger partial charge in [-0.05, 0) is 19.1 Å². The number of benzene rings is 1. The number of nitro groups is 1. The SMILES string of the molecule is CCOC(=O)c1coc(Oc2ccc(Br)cc2[N+](=O)[O-])n1. The van der Waals surface area contributed by atoms with E-state index in [-0.39, 0.29) is 29.8 Å². The van der Waals surface area contributed by atoms with Gasteiger partial charge in [-0.25, -0.2) is 4.79 Å². The number of hydrogen-bond donors (Lipinski definition) is 0. The van der Waals surface area contributed by atoms with Crippen LogP contribution in [0.1, 0.15) is 17.4 Å². The van der Waals surface area contributed by atoms with Crippen LogP contribution in [0.3, 0.4) is 0 Å². The Morgan fingerprint density at radius 2 is 2.29 bits per heavy atom. The molecule has 0 spiro atoms. The molecule has 0 amide bonds. The van der Waals surface area contributed by atoms with E-state index in [1.165, 1.54) is 12.1 Å². The van der Waals surface area contributed by atoms with Gasteiger partial charge in [0.15, 0.2) is 5.69 Å². The second kappa shape index (κ2) is 6.35. The first-order valence-electron chi connectivity index (χ1n) is 5.75. The van der Waals surface area contributed by atoms with Crippen LogP contribution in [-0.2, 0) is 4.74 Å². The number of carbonyl (C=O) groups is 1. The fraction of sp³-hybridized carbons (Fsp3) is 0.167. The van der Waals surface area contributed by atoms with Crippen molar-refractivity contribution in [1.29, 1.82) is 0 Å². The lowest BCUT2D eigenvalue weighted by atomic mass is 10.3. The van der Waals surface area contributed by atoms with Gasteiger partial charge >= 0.3 is 17.7 Å². The highest BCUT2D eigenvalue weighted by molar-refractivity contribution is 9.10. The quantitative estimate of drug-likeness (QED) is 0.459. The molecular formula is C12H9BrN2O6. The summed E-state index contributed by atoms with van der Waals surface area (Å²) in [6.07, 6.45) is 0.765. The Hall–Kier alpha value is -2.42. The molecule has 0 N–H and O–H groups in total. The number of aromatic nitrogens is 1. The number of ether oxygens (including phenoxy) is 2. The normalized spacial score (nSPS) is 10.2. The minimum absolute atomic E-state index is 0.0551. The predicted octanol–water partition coefficient (Wildman–Crippen LogP) is 3.31. The average molecular weight is 357 g/mol. The molecule has 0 saturated carbocycles. The molecule has 2 rings (SSSR count). The average Bonchev–Trinajstić information content (AvgIpc) is 2.89.